The quantitative estimate of drug-likeness (QED) is 0.362. The first-order chi connectivity index (χ1) is 8.83. The van der Waals surface area contributed by atoms with Crippen LogP contribution < -0.4 is 4.52 Å². The molecular weight excluding hydrogens is 226 g/mol. The molecule has 2 heterocycles. The molecule has 0 amide bonds. The lowest BCUT2D eigenvalue weighted by Crippen LogP contribution is -2.25. The Kier molecular flexibility index (Phi) is 2.16. The molecule has 3 rings (SSSR count). The summed E-state index contributed by atoms with van der Waals surface area (Å²) in [5, 5.41) is 23.0. The molecule has 5 nitrogen and oxygen atoms in total. The van der Waals surface area contributed by atoms with Gasteiger partial charge in [0.25, 0.3) is 5.70 Å². The molecular formula is C13H7N5. The van der Waals surface area contributed by atoms with Gasteiger partial charge in [-0.2, -0.15) is 5.26 Å². The van der Waals surface area contributed by atoms with Crippen LogP contribution in [0.5, 0.6) is 0 Å². The van der Waals surface area contributed by atoms with Crippen molar-refractivity contribution in [2.75, 3.05) is 0 Å². The van der Waals surface area contributed by atoms with Gasteiger partial charge in [-0.05, 0) is 18.2 Å². The van der Waals surface area contributed by atoms with E-state index in [0.29, 0.717) is 0 Å². The number of hydrogen-bond acceptors (Lipinski definition) is 2. The summed E-state index contributed by atoms with van der Waals surface area (Å²) in [5.74, 6) is 1.82. The van der Waals surface area contributed by atoms with Crippen LogP contribution in [0.25, 0.3) is 27.5 Å². The van der Waals surface area contributed by atoms with Crippen molar-refractivity contribution in [3.63, 3.8) is 0 Å². The van der Waals surface area contributed by atoms with Crippen molar-refractivity contribution in [1.29, 1.82) is 5.26 Å². The number of nitriles is 1. The Morgan fingerprint density at radius 2 is 2.11 bits per heavy atom. The monoisotopic (exact) mass is 233 g/mol. The first-order valence-electron chi connectivity index (χ1n) is 5.30. The van der Waals surface area contributed by atoms with Crippen LogP contribution in [0.2, 0.25) is 0 Å². The molecule has 5 heteroatoms. The van der Waals surface area contributed by atoms with Crippen molar-refractivity contribution in [3.05, 3.63) is 48.0 Å². The normalized spacial score (nSPS) is 10.2. The molecule has 0 saturated heterocycles. The molecule has 0 N–H and O–H groups in total. The summed E-state index contributed by atoms with van der Waals surface area (Å²) in [7, 11) is 0. The van der Waals surface area contributed by atoms with Gasteiger partial charge < -0.3 is 5.41 Å². The molecule has 2 aromatic heterocycles. The molecule has 0 saturated carbocycles. The molecule has 18 heavy (non-hydrogen) atoms. The second-order valence-electron chi connectivity index (χ2n) is 3.76. The van der Waals surface area contributed by atoms with E-state index in [9.17, 15) is 0 Å². The predicted octanol–water partition coefficient (Wildman–Crippen LogP) is 1.38. The molecule has 0 aliphatic carbocycles. The fraction of sp³-hybridized carbons (Fsp3) is 0. The number of benzene rings is 1. The lowest BCUT2D eigenvalue weighted by Gasteiger charge is -1.92. The van der Waals surface area contributed by atoms with Crippen LogP contribution in [0.3, 0.4) is 0 Å². The molecule has 0 spiro atoms. The number of rotatable bonds is 1. The predicted molar refractivity (Wildman–Crippen MR) is 66.6 cm³/mol. The molecule has 0 bridgehead atoms. The number of fused-ring (bicyclic) bond motifs is 3. The van der Waals surface area contributed by atoms with Crippen LogP contribution >= 0.6 is 0 Å². The van der Waals surface area contributed by atoms with Gasteiger partial charge >= 0.3 is 0 Å². The Balaban J connectivity index is 2.40. The van der Waals surface area contributed by atoms with Crippen molar-refractivity contribution in [2.45, 2.75) is 0 Å². The first kappa shape index (κ1) is 10.2. The van der Waals surface area contributed by atoms with Crippen LogP contribution in [-0.4, -0.2) is 15.8 Å². The zero-order valence-electron chi connectivity index (χ0n) is 9.28. The number of allylic oxidation sites excluding steroid dienone is 1. The molecule has 0 aliphatic heterocycles. The number of nitrogens with zero attached hydrogens (tertiary/aromatic N) is 5. The minimum absolute atomic E-state index is 0.0530. The van der Waals surface area contributed by atoms with E-state index in [4.69, 9.17) is 10.7 Å². The Labute approximate surface area is 102 Å². The first-order valence-corrected chi connectivity index (χ1v) is 5.30. The van der Waals surface area contributed by atoms with Gasteiger partial charge in [0.1, 0.15) is 5.21 Å². The van der Waals surface area contributed by atoms with Gasteiger partial charge in [0.05, 0.1) is 0 Å². The molecule has 0 radical (unpaired) electrons. The van der Waals surface area contributed by atoms with E-state index in [-0.39, 0.29) is 5.70 Å². The summed E-state index contributed by atoms with van der Waals surface area (Å²) in [6, 6.07) is 13.5. The van der Waals surface area contributed by atoms with Gasteiger partial charge in [-0.3, -0.25) is 0 Å². The zero-order valence-corrected chi connectivity index (χ0v) is 9.28. The Bertz CT molecular complexity index is 847. The molecule has 0 unspecified atom stereocenters. The Morgan fingerprint density at radius 1 is 1.28 bits per heavy atom. The summed E-state index contributed by atoms with van der Waals surface area (Å²) < 4.78 is 3.01. The van der Waals surface area contributed by atoms with Crippen LogP contribution in [0.4, 0.5) is 0 Å². The van der Waals surface area contributed by atoms with Crippen molar-refractivity contribution in [1.82, 2.24) is 9.90 Å². The van der Waals surface area contributed by atoms with Crippen LogP contribution in [0, 0.1) is 11.3 Å². The van der Waals surface area contributed by atoms with Crippen molar-refractivity contribution in [2.24, 2.45) is 0 Å². The summed E-state index contributed by atoms with van der Waals surface area (Å²) in [5.41, 5.74) is 1.71. The van der Waals surface area contributed by atoms with E-state index in [1.54, 1.807) is 10.7 Å². The van der Waals surface area contributed by atoms with Gasteiger partial charge in [0.15, 0.2) is 23.3 Å². The van der Waals surface area contributed by atoms with E-state index in [2.05, 4.69) is 5.21 Å². The average molecular weight is 233 g/mol. The highest BCUT2D eigenvalue weighted by molar-refractivity contribution is 5.89. The standard InChI is InChI=1S/C13H7N5/c14-7-12(8-15)17-9-11-6-5-10-3-1-2-4-13(10)18(11)16-17/h1-6,9H. The minimum atomic E-state index is -0.0530. The Hall–Kier alpha value is -2.96. The van der Waals surface area contributed by atoms with Crippen LogP contribution in [0.15, 0.2) is 42.6 Å². The second-order valence-corrected chi connectivity index (χ2v) is 3.76. The average Bonchev–Trinajstić information content (AvgIpc) is 2.84. The van der Waals surface area contributed by atoms with Crippen molar-refractivity contribution >= 4 is 28.0 Å². The third kappa shape index (κ3) is 1.38. The second kappa shape index (κ2) is 3.81. The van der Waals surface area contributed by atoms with E-state index in [0.717, 1.165) is 16.4 Å². The van der Waals surface area contributed by atoms with Gasteiger partial charge in [0, 0.05) is 5.39 Å². The molecule has 0 aliphatic rings. The molecule has 3 aromatic rings. The lowest BCUT2D eigenvalue weighted by molar-refractivity contribution is -0.555. The number of aromatic nitrogens is 3. The topological polar surface area (TPSA) is 68.0 Å². The summed E-state index contributed by atoms with van der Waals surface area (Å²) >= 11 is 0. The van der Waals surface area contributed by atoms with Crippen LogP contribution in [0.1, 0.15) is 0 Å². The molecule has 0 atom stereocenters. The summed E-state index contributed by atoms with van der Waals surface area (Å²) in [4.78, 5) is 0. The highest BCUT2D eigenvalue weighted by Gasteiger charge is 2.14. The highest BCUT2D eigenvalue weighted by Crippen LogP contribution is 2.11. The van der Waals surface area contributed by atoms with E-state index >= 15 is 0 Å². The number of pyridine rings is 1. The van der Waals surface area contributed by atoms with E-state index in [1.165, 1.54) is 4.68 Å². The van der Waals surface area contributed by atoms with Gasteiger partial charge in [-0.1, -0.05) is 27.4 Å². The van der Waals surface area contributed by atoms with Gasteiger partial charge in [-0.25, -0.2) is 5.87 Å². The number of para-hydroxylation sites is 1. The van der Waals surface area contributed by atoms with Crippen molar-refractivity contribution < 1.29 is 4.52 Å². The molecule has 1 aromatic carbocycles. The molecule has 84 valence electrons. The zero-order chi connectivity index (χ0) is 12.5. The number of hydrogen-bond donors (Lipinski definition) is 0. The maximum atomic E-state index is 8.84. The lowest BCUT2D eigenvalue weighted by atomic mass is 10.2. The summed E-state index contributed by atoms with van der Waals surface area (Å²) in [6.45, 7) is 0. The fourth-order valence-corrected chi connectivity index (χ4v) is 1.89. The largest absolute Gasteiger partial charge is 0.759 e. The third-order valence-corrected chi connectivity index (χ3v) is 2.72. The Morgan fingerprint density at radius 3 is 2.89 bits per heavy atom. The van der Waals surface area contributed by atoms with Gasteiger partial charge in [0.2, 0.25) is 0 Å². The maximum absolute atomic E-state index is 8.84. The van der Waals surface area contributed by atoms with Crippen LogP contribution in [-0.2, 0) is 0 Å². The third-order valence-electron chi connectivity index (χ3n) is 2.72. The molecule has 0 fully saturated rings. The highest BCUT2D eigenvalue weighted by atomic mass is 15.5. The minimum Gasteiger partial charge on any atom is -0.759 e. The maximum Gasteiger partial charge on any atom is 0.252 e. The smallest absolute Gasteiger partial charge is 0.252 e. The van der Waals surface area contributed by atoms with Crippen molar-refractivity contribution in [3.8, 4) is 6.07 Å². The summed E-state index contributed by atoms with van der Waals surface area (Å²) in [6.07, 6.45) is 1.66. The SMILES string of the molecule is N#CC(=C=[N-])n1cc2ccc3ccccc3[n+]2n1. The fourth-order valence-electron chi connectivity index (χ4n) is 1.89. The van der Waals surface area contributed by atoms with Gasteiger partial charge in [-0.15, -0.1) is 0 Å². The van der Waals surface area contributed by atoms with E-state index < -0.39 is 0 Å². The van der Waals surface area contributed by atoms with E-state index in [1.807, 2.05) is 48.3 Å².